The largest absolute Gasteiger partial charge is 0.448 e. The third-order valence-corrected chi connectivity index (χ3v) is 8.72. The van der Waals surface area contributed by atoms with Gasteiger partial charge in [-0.25, -0.2) is 4.79 Å². The lowest BCUT2D eigenvalue weighted by atomic mass is 10.0. The fourth-order valence-electron chi connectivity index (χ4n) is 4.51. The lowest BCUT2D eigenvalue weighted by Crippen LogP contribution is -2.71. The van der Waals surface area contributed by atoms with Gasteiger partial charge in [-0.1, -0.05) is 101 Å². The summed E-state index contributed by atoms with van der Waals surface area (Å²) in [4.78, 5) is 50.7. The number of hydrogen-bond donors (Lipinski definition) is 2. The number of alkyl halides is 1. The molecule has 0 aliphatic carbocycles. The molecular weight excluding hydrogens is 691 g/mol. The molecule has 2 atom stereocenters. The van der Waals surface area contributed by atoms with Crippen LogP contribution in [0.4, 0.5) is 5.13 Å². The van der Waals surface area contributed by atoms with Gasteiger partial charge >= 0.3 is 5.97 Å². The number of anilines is 1. The van der Waals surface area contributed by atoms with Crippen molar-refractivity contribution in [2.45, 2.75) is 17.5 Å². The Morgan fingerprint density at radius 1 is 1.19 bits per heavy atom. The van der Waals surface area contributed by atoms with Crippen LogP contribution in [-0.2, 0) is 24.0 Å². The Bertz CT molecular complexity index is 1520. The fourth-order valence-corrected chi connectivity index (χ4v) is 6.52. The smallest absolute Gasteiger partial charge is 0.356 e. The summed E-state index contributed by atoms with van der Waals surface area (Å²) in [6.45, 7) is 0. The summed E-state index contributed by atoms with van der Waals surface area (Å²) >= 11 is 4.54. The normalized spacial score (nSPS) is 18.6. The highest BCUT2D eigenvalue weighted by molar-refractivity contribution is 14.1. The number of nitrogens with two attached hydrogens (primary N) is 1. The molecule has 2 unspecified atom stereocenters. The number of β-lactam (4-membered cyclic amide) rings is 1. The number of ether oxygens (including phenoxy) is 1. The van der Waals surface area contributed by atoms with Crippen molar-refractivity contribution >= 4 is 74.5 Å². The second-order valence-corrected chi connectivity index (χ2v) is 11.7. The minimum absolute atomic E-state index is 0.0139. The molecule has 2 aliphatic heterocycles. The average Bonchev–Trinajstić information content (AvgIpc) is 3.45. The topological polar surface area (TPSA) is 149 Å². The van der Waals surface area contributed by atoms with Gasteiger partial charge in [0, 0.05) is 21.7 Å². The van der Waals surface area contributed by atoms with Crippen molar-refractivity contribution in [2.75, 3.05) is 23.0 Å². The number of nitrogen functional groups attached to an aromatic ring is 1. The zero-order valence-corrected chi connectivity index (χ0v) is 26.0. The van der Waals surface area contributed by atoms with E-state index in [0.29, 0.717) is 11.3 Å². The van der Waals surface area contributed by atoms with E-state index in [-0.39, 0.29) is 22.4 Å². The number of aromatic nitrogens is 2. The Balaban J connectivity index is 1.41. The van der Waals surface area contributed by atoms with Crippen LogP contribution in [0, 0.1) is 0 Å². The van der Waals surface area contributed by atoms with Crippen molar-refractivity contribution in [3.8, 4) is 0 Å². The van der Waals surface area contributed by atoms with E-state index >= 15 is 0 Å². The van der Waals surface area contributed by atoms with Crippen LogP contribution in [0.15, 0.2) is 89.2 Å². The molecule has 1 aromatic heterocycles. The lowest BCUT2D eigenvalue weighted by Gasteiger charge is -2.49. The lowest BCUT2D eigenvalue weighted by molar-refractivity contribution is -0.154. The number of nitrogens with one attached hydrogen (secondary N) is 1. The van der Waals surface area contributed by atoms with Gasteiger partial charge in [0.2, 0.25) is 11.5 Å². The SMILES string of the molecule is CO/N=C(/C(=O)NC1C(=O)N2C(C(=O)OC(c3ccccc3)c3ccccc3)=C(/C=C/CI)CSC12)c1nsc(N)n1. The predicted molar refractivity (Wildman–Crippen MR) is 169 cm³/mol. The van der Waals surface area contributed by atoms with E-state index in [4.69, 9.17) is 15.3 Å². The van der Waals surface area contributed by atoms with Gasteiger partial charge in [0.1, 0.15) is 24.2 Å². The minimum Gasteiger partial charge on any atom is -0.448 e. The van der Waals surface area contributed by atoms with E-state index in [1.165, 1.54) is 23.8 Å². The van der Waals surface area contributed by atoms with E-state index in [1.807, 2.05) is 72.8 Å². The Morgan fingerprint density at radius 2 is 1.86 bits per heavy atom. The number of esters is 1. The van der Waals surface area contributed by atoms with E-state index in [2.05, 4.69) is 42.4 Å². The highest BCUT2D eigenvalue weighted by Gasteiger charge is 2.54. The molecule has 216 valence electrons. The maximum atomic E-state index is 13.9. The second-order valence-electron chi connectivity index (χ2n) is 8.98. The van der Waals surface area contributed by atoms with Crippen LogP contribution in [0.2, 0.25) is 0 Å². The molecule has 42 heavy (non-hydrogen) atoms. The standard InChI is InChI=1S/C28H25IN6O5S2/c1-39-33-19(23-32-28(30)42-34-23)24(36)31-20-25(37)35-21(18(13-8-14-29)15-41-26(20)35)27(38)40-22(16-9-4-2-5-10-16)17-11-6-3-7-12-17/h2-13,20,22,26H,14-15H2,1H3,(H,31,36)(H2,30,32,34)/b13-8+,33-19+. The Morgan fingerprint density at radius 3 is 2.43 bits per heavy atom. The molecule has 3 aromatic rings. The maximum Gasteiger partial charge on any atom is 0.356 e. The van der Waals surface area contributed by atoms with Crippen molar-refractivity contribution in [1.29, 1.82) is 0 Å². The molecule has 14 heteroatoms. The first-order chi connectivity index (χ1) is 20.4. The molecule has 1 saturated heterocycles. The second kappa shape index (κ2) is 13.5. The number of thioether (sulfide) groups is 1. The predicted octanol–water partition coefficient (Wildman–Crippen LogP) is 3.45. The number of hydrogen-bond acceptors (Lipinski definition) is 11. The van der Waals surface area contributed by atoms with Gasteiger partial charge in [-0.05, 0) is 16.7 Å². The van der Waals surface area contributed by atoms with Gasteiger partial charge in [0.25, 0.3) is 11.8 Å². The number of carbonyl (C=O) groups excluding carboxylic acids is 3. The average molecular weight is 717 g/mol. The molecule has 0 bridgehead atoms. The van der Waals surface area contributed by atoms with Gasteiger partial charge in [-0.2, -0.15) is 9.36 Å². The van der Waals surface area contributed by atoms with Crippen molar-refractivity contribution < 1.29 is 24.0 Å². The number of carbonyl (C=O) groups is 3. The Hall–Kier alpha value is -3.76. The van der Waals surface area contributed by atoms with Crippen LogP contribution >= 0.6 is 45.9 Å². The van der Waals surface area contributed by atoms with Crippen molar-refractivity contribution in [3.05, 3.63) is 101 Å². The van der Waals surface area contributed by atoms with E-state index in [1.54, 1.807) is 0 Å². The molecule has 0 radical (unpaired) electrons. The van der Waals surface area contributed by atoms with Crippen LogP contribution in [0.5, 0.6) is 0 Å². The van der Waals surface area contributed by atoms with Gasteiger partial charge in [0.05, 0.1) is 0 Å². The number of rotatable bonds is 10. The molecule has 2 amide bonds. The summed E-state index contributed by atoms with van der Waals surface area (Å²) in [6.07, 6.45) is 3.07. The third kappa shape index (κ3) is 6.19. The summed E-state index contributed by atoms with van der Waals surface area (Å²) in [6, 6.07) is 17.9. The summed E-state index contributed by atoms with van der Waals surface area (Å²) in [5.74, 6) is -1.37. The number of halogens is 1. The zero-order valence-electron chi connectivity index (χ0n) is 22.2. The highest BCUT2D eigenvalue weighted by atomic mass is 127. The monoisotopic (exact) mass is 716 g/mol. The number of nitrogens with zero attached hydrogens (tertiary/aromatic N) is 4. The fraction of sp³-hybridized carbons (Fsp3) is 0.214. The molecule has 5 rings (SSSR count). The van der Waals surface area contributed by atoms with Crippen molar-refractivity contribution in [2.24, 2.45) is 5.16 Å². The van der Waals surface area contributed by atoms with Crippen LogP contribution in [0.25, 0.3) is 0 Å². The first-order valence-electron chi connectivity index (χ1n) is 12.7. The molecule has 0 saturated carbocycles. The van der Waals surface area contributed by atoms with Crippen LogP contribution < -0.4 is 11.1 Å². The highest BCUT2D eigenvalue weighted by Crippen LogP contribution is 2.42. The van der Waals surface area contributed by atoms with Gasteiger partial charge in [-0.15, -0.1) is 11.8 Å². The van der Waals surface area contributed by atoms with Gasteiger partial charge < -0.3 is 20.6 Å². The first-order valence-corrected chi connectivity index (χ1v) is 16.0. The van der Waals surface area contributed by atoms with Crippen LogP contribution in [0.1, 0.15) is 23.1 Å². The van der Waals surface area contributed by atoms with Crippen LogP contribution in [0.3, 0.4) is 0 Å². The summed E-state index contributed by atoms with van der Waals surface area (Å²) < 4.78 is 10.9. The molecule has 3 N–H and O–H groups in total. The number of oxime groups is 1. The number of benzene rings is 2. The molecular formula is C28H25IN6O5S2. The Kier molecular flexibility index (Phi) is 9.54. The van der Waals surface area contributed by atoms with Crippen molar-refractivity contribution in [3.63, 3.8) is 0 Å². The molecule has 1 fully saturated rings. The molecule has 0 spiro atoms. The molecule has 2 aliphatic rings. The number of fused-ring (bicyclic) bond motifs is 1. The van der Waals surface area contributed by atoms with E-state index in [9.17, 15) is 14.4 Å². The van der Waals surface area contributed by atoms with Gasteiger partial charge in [-0.3, -0.25) is 14.5 Å². The summed E-state index contributed by atoms with van der Waals surface area (Å²) in [5.41, 5.74) is 7.86. The van der Waals surface area contributed by atoms with E-state index in [0.717, 1.165) is 27.1 Å². The summed E-state index contributed by atoms with van der Waals surface area (Å²) in [5, 5.41) is 6.04. The first kappa shape index (κ1) is 29.7. The van der Waals surface area contributed by atoms with Gasteiger partial charge in [0.15, 0.2) is 11.2 Å². The van der Waals surface area contributed by atoms with Crippen molar-refractivity contribution in [1.82, 2.24) is 19.6 Å². The summed E-state index contributed by atoms with van der Waals surface area (Å²) in [7, 11) is 1.28. The minimum atomic E-state index is -0.919. The third-order valence-electron chi connectivity index (χ3n) is 6.37. The number of amides is 2. The Labute approximate surface area is 263 Å². The maximum absolute atomic E-state index is 13.9. The molecule has 2 aromatic carbocycles. The zero-order chi connectivity index (χ0) is 29.6. The quantitative estimate of drug-likeness (QED) is 0.0804. The van der Waals surface area contributed by atoms with E-state index < -0.39 is 35.3 Å². The molecule has 11 nitrogen and oxygen atoms in total. The molecule has 3 heterocycles. The number of allylic oxidation sites excluding steroid dienone is 2. The van der Waals surface area contributed by atoms with Crippen LogP contribution in [-0.4, -0.2) is 66.5 Å².